The van der Waals surface area contributed by atoms with Crippen LogP contribution in [0.5, 0.6) is 0 Å². The van der Waals surface area contributed by atoms with Crippen LogP contribution < -0.4 is 5.32 Å². The van der Waals surface area contributed by atoms with Gasteiger partial charge >= 0.3 is 12.3 Å². The van der Waals surface area contributed by atoms with Crippen molar-refractivity contribution in [1.29, 1.82) is 0 Å². The van der Waals surface area contributed by atoms with Gasteiger partial charge in [0.2, 0.25) is 0 Å². The molecule has 2 rings (SSSR count). The summed E-state index contributed by atoms with van der Waals surface area (Å²) in [6, 6.07) is -1.51. The minimum atomic E-state index is -4.26. The third kappa shape index (κ3) is 3.13. The molecule has 3 atom stereocenters. The van der Waals surface area contributed by atoms with Crippen LogP contribution in [0, 0.1) is 11.8 Å². The SMILES string of the molecule is CC(C)(C)OC(=O)N1CC2CNC(C(F)(F)F)C2C1. The topological polar surface area (TPSA) is 41.6 Å². The Bertz CT molecular complexity index is 365. The molecule has 2 heterocycles. The molecule has 2 aliphatic rings. The fraction of sp³-hybridized carbons (Fsp3) is 0.917. The van der Waals surface area contributed by atoms with Crippen LogP contribution in [0.4, 0.5) is 18.0 Å². The summed E-state index contributed by atoms with van der Waals surface area (Å²) in [4.78, 5) is 13.2. The molecule has 0 aliphatic carbocycles. The molecule has 7 heteroatoms. The number of carbonyl (C=O) groups is 1. The van der Waals surface area contributed by atoms with Crippen molar-refractivity contribution in [3.8, 4) is 0 Å². The zero-order valence-corrected chi connectivity index (χ0v) is 11.3. The smallest absolute Gasteiger partial charge is 0.410 e. The van der Waals surface area contributed by atoms with Gasteiger partial charge in [0.15, 0.2) is 0 Å². The zero-order chi connectivity index (χ0) is 14.4. The highest BCUT2D eigenvalue weighted by molar-refractivity contribution is 5.68. The fourth-order valence-corrected chi connectivity index (χ4v) is 2.75. The highest BCUT2D eigenvalue weighted by atomic mass is 19.4. The third-order valence-electron chi connectivity index (χ3n) is 3.52. The van der Waals surface area contributed by atoms with Gasteiger partial charge in [-0.25, -0.2) is 4.79 Å². The van der Waals surface area contributed by atoms with Gasteiger partial charge in [-0.05, 0) is 26.7 Å². The van der Waals surface area contributed by atoms with Crippen LogP contribution in [-0.4, -0.2) is 48.4 Å². The van der Waals surface area contributed by atoms with Gasteiger partial charge in [-0.1, -0.05) is 0 Å². The lowest BCUT2D eigenvalue weighted by Crippen LogP contribution is -2.45. The van der Waals surface area contributed by atoms with Crippen LogP contribution in [0.2, 0.25) is 0 Å². The maximum atomic E-state index is 12.8. The first-order valence-corrected chi connectivity index (χ1v) is 6.36. The molecule has 3 unspecified atom stereocenters. The van der Waals surface area contributed by atoms with Crippen molar-refractivity contribution in [1.82, 2.24) is 10.2 Å². The summed E-state index contributed by atoms with van der Waals surface area (Å²) >= 11 is 0. The number of alkyl halides is 3. The fourth-order valence-electron chi connectivity index (χ4n) is 2.75. The molecule has 0 aromatic carbocycles. The number of fused-ring (bicyclic) bond motifs is 1. The van der Waals surface area contributed by atoms with Crippen molar-refractivity contribution < 1.29 is 22.7 Å². The van der Waals surface area contributed by atoms with Crippen LogP contribution >= 0.6 is 0 Å². The first-order valence-electron chi connectivity index (χ1n) is 6.36. The van der Waals surface area contributed by atoms with Gasteiger partial charge < -0.3 is 15.0 Å². The summed E-state index contributed by atoms with van der Waals surface area (Å²) in [5, 5.41) is 2.50. The summed E-state index contributed by atoms with van der Waals surface area (Å²) in [6.07, 6.45) is -4.79. The predicted octanol–water partition coefficient (Wildman–Crippen LogP) is 2.00. The van der Waals surface area contributed by atoms with Gasteiger partial charge in [-0.3, -0.25) is 0 Å². The number of nitrogens with zero attached hydrogens (tertiary/aromatic N) is 1. The number of carbonyl (C=O) groups excluding carboxylic acids is 1. The lowest BCUT2D eigenvalue weighted by Gasteiger charge is -2.26. The van der Waals surface area contributed by atoms with Crippen LogP contribution in [0.25, 0.3) is 0 Å². The first-order chi connectivity index (χ1) is 8.58. The van der Waals surface area contributed by atoms with Crippen LogP contribution in [0.15, 0.2) is 0 Å². The Morgan fingerprint density at radius 1 is 1.26 bits per heavy atom. The number of halogens is 3. The molecule has 0 saturated carbocycles. The second-order valence-electron chi connectivity index (χ2n) is 6.24. The summed E-state index contributed by atoms with van der Waals surface area (Å²) in [5.41, 5.74) is -0.629. The molecule has 110 valence electrons. The average Bonchev–Trinajstić information content (AvgIpc) is 2.68. The number of rotatable bonds is 0. The highest BCUT2D eigenvalue weighted by Crippen LogP contribution is 2.38. The van der Waals surface area contributed by atoms with Crippen molar-refractivity contribution in [2.45, 2.75) is 38.6 Å². The summed E-state index contributed by atoms with van der Waals surface area (Å²) in [6.45, 7) is 5.95. The maximum Gasteiger partial charge on any atom is 0.410 e. The lowest BCUT2D eigenvalue weighted by atomic mass is 9.94. The van der Waals surface area contributed by atoms with Gasteiger partial charge in [0, 0.05) is 25.6 Å². The molecule has 0 aromatic rings. The second-order valence-corrected chi connectivity index (χ2v) is 6.24. The first kappa shape index (κ1) is 14.4. The van der Waals surface area contributed by atoms with Crippen molar-refractivity contribution >= 4 is 6.09 Å². The minimum Gasteiger partial charge on any atom is -0.444 e. The maximum absolute atomic E-state index is 12.8. The van der Waals surface area contributed by atoms with Crippen molar-refractivity contribution in [3.63, 3.8) is 0 Å². The Balaban J connectivity index is 1.99. The van der Waals surface area contributed by atoms with E-state index in [0.717, 1.165) is 0 Å². The number of nitrogens with one attached hydrogen (secondary N) is 1. The molecule has 0 aromatic heterocycles. The van der Waals surface area contributed by atoms with E-state index in [1.165, 1.54) is 4.90 Å². The van der Waals surface area contributed by atoms with Crippen molar-refractivity contribution in [3.05, 3.63) is 0 Å². The summed E-state index contributed by atoms with van der Waals surface area (Å²) < 4.78 is 43.6. The molecule has 1 N–H and O–H groups in total. The van der Waals surface area contributed by atoms with E-state index in [2.05, 4.69) is 5.32 Å². The Labute approximate surface area is 110 Å². The van der Waals surface area contributed by atoms with Gasteiger partial charge in [0.25, 0.3) is 0 Å². The molecule has 1 amide bonds. The monoisotopic (exact) mass is 280 g/mol. The third-order valence-corrected chi connectivity index (χ3v) is 3.52. The summed E-state index contributed by atoms with van der Waals surface area (Å²) in [7, 11) is 0. The number of likely N-dealkylation sites (tertiary alicyclic amines) is 1. The molecular weight excluding hydrogens is 261 g/mol. The van der Waals surface area contributed by atoms with Crippen molar-refractivity contribution in [2.75, 3.05) is 19.6 Å². The minimum absolute atomic E-state index is 0.108. The molecule has 19 heavy (non-hydrogen) atoms. The van der Waals surface area contributed by atoms with Crippen molar-refractivity contribution in [2.24, 2.45) is 11.8 Å². The van der Waals surface area contributed by atoms with E-state index >= 15 is 0 Å². The van der Waals surface area contributed by atoms with Gasteiger partial charge in [0.1, 0.15) is 11.6 Å². The Kier molecular flexibility index (Phi) is 3.45. The molecule has 0 radical (unpaired) electrons. The Morgan fingerprint density at radius 3 is 2.42 bits per heavy atom. The Morgan fingerprint density at radius 2 is 1.89 bits per heavy atom. The molecule has 2 fully saturated rings. The van der Waals surface area contributed by atoms with Gasteiger partial charge in [-0.2, -0.15) is 13.2 Å². The zero-order valence-electron chi connectivity index (χ0n) is 11.3. The van der Waals surface area contributed by atoms with E-state index in [9.17, 15) is 18.0 Å². The van der Waals surface area contributed by atoms with E-state index in [-0.39, 0.29) is 12.5 Å². The molecule has 0 spiro atoms. The second kappa shape index (κ2) is 4.54. The molecule has 0 bridgehead atoms. The Hall–Kier alpha value is -0.980. The lowest BCUT2D eigenvalue weighted by molar-refractivity contribution is -0.161. The summed E-state index contributed by atoms with van der Waals surface area (Å²) in [5.74, 6) is -0.702. The standard InChI is InChI=1S/C12H19F3N2O2/c1-11(2,3)19-10(18)17-5-7-4-16-9(8(7)6-17)12(13,14)15/h7-9,16H,4-6H2,1-3H3. The van der Waals surface area contributed by atoms with E-state index in [4.69, 9.17) is 4.74 Å². The predicted molar refractivity (Wildman–Crippen MR) is 62.6 cm³/mol. The average molecular weight is 280 g/mol. The van der Waals surface area contributed by atoms with Crippen LogP contribution in [0.1, 0.15) is 20.8 Å². The van der Waals surface area contributed by atoms with E-state index < -0.39 is 29.8 Å². The largest absolute Gasteiger partial charge is 0.444 e. The molecule has 2 saturated heterocycles. The number of ether oxygens (including phenoxy) is 1. The highest BCUT2D eigenvalue weighted by Gasteiger charge is 2.54. The van der Waals surface area contributed by atoms with Gasteiger partial charge in [0.05, 0.1) is 0 Å². The van der Waals surface area contributed by atoms with Crippen LogP contribution in [-0.2, 0) is 4.74 Å². The number of hydrogen-bond donors (Lipinski definition) is 1. The van der Waals surface area contributed by atoms with E-state index in [1.807, 2.05) is 0 Å². The normalized spacial score (nSPS) is 31.5. The molecule has 4 nitrogen and oxygen atoms in total. The number of hydrogen-bond acceptors (Lipinski definition) is 3. The molecular formula is C12H19F3N2O2. The van der Waals surface area contributed by atoms with Crippen LogP contribution in [0.3, 0.4) is 0 Å². The van der Waals surface area contributed by atoms with Gasteiger partial charge in [-0.15, -0.1) is 0 Å². The van der Waals surface area contributed by atoms with E-state index in [0.29, 0.717) is 13.1 Å². The molecule has 2 aliphatic heterocycles. The number of amides is 1. The quantitative estimate of drug-likeness (QED) is 0.738. The van der Waals surface area contributed by atoms with E-state index in [1.54, 1.807) is 20.8 Å².